The van der Waals surface area contributed by atoms with Gasteiger partial charge in [0.25, 0.3) is 0 Å². The summed E-state index contributed by atoms with van der Waals surface area (Å²) in [6, 6.07) is 30.3. The molecule has 3 aliphatic rings. The molecule has 1 aliphatic carbocycles. The van der Waals surface area contributed by atoms with Gasteiger partial charge in [0.1, 0.15) is 5.66 Å². The molecular formula is C35H31N3O4. The molecule has 4 aromatic carbocycles. The monoisotopic (exact) mass is 557 g/mol. The zero-order valence-corrected chi connectivity index (χ0v) is 23.4. The molecular weight excluding hydrogens is 526 g/mol. The zero-order valence-electron chi connectivity index (χ0n) is 23.4. The van der Waals surface area contributed by atoms with Crippen LogP contribution in [0.1, 0.15) is 49.7 Å². The number of carbonyl (C=O) groups excluding carboxylic acids is 1. The van der Waals surface area contributed by atoms with Crippen molar-refractivity contribution >= 4 is 33.8 Å². The summed E-state index contributed by atoms with van der Waals surface area (Å²) in [6.07, 6.45) is 6.41. The lowest BCUT2D eigenvalue weighted by molar-refractivity contribution is -0.378. The third kappa shape index (κ3) is 3.95. The van der Waals surface area contributed by atoms with Crippen molar-refractivity contribution in [1.29, 1.82) is 0 Å². The summed E-state index contributed by atoms with van der Waals surface area (Å²) >= 11 is 0. The topological polar surface area (TPSA) is 85.0 Å². The summed E-state index contributed by atoms with van der Waals surface area (Å²) in [6.45, 7) is 1.70. The number of esters is 1. The zero-order chi connectivity index (χ0) is 28.8. The van der Waals surface area contributed by atoms with Crippen LogP contribution in [0.2, 0.25) is 0 Å². The van der Waals surface area contributed by atoms with E-state index < -0.39 is 22.3 Å². The van der Waals surface area contributed by atoms with E-state index in [9.17, 15) is 14.9 Å². The Labute approximate surface area is 243 Å². The molecule has 3 atom stereocenters. The van der Waals surface area contributed by atoms with Crippen molar-refractivity contribution in [3.8, 4) is 0 Å². The van der Waals surface area contributed by atoms with E-state index in [-0.39, 0.29) is 23.7 Å². The molecule has 0 N–H and O–H groups in total. The molecule has 7 nitrogen and oxygen atoms in total. The number of benzene rings is 4. The van der Waals surface area contributed by atoms with Gasteiger partial charge in [0.2, 0.25) is 0 Å². The van der Waals surface area contributed by atoms with Gasteiger partial charge in [0.05, 0.1) is 27.8 Å². The summed E-state index contributed by atoms with van der Waals surface area (Å²) < 4.78 is 5.17. The molecule has 0 radical (unpaired) electrons. The highest BCUT2D eigenvalue weighted by molar-refractivity contribution is 6.08. The van der Waals surface area contributed by atoms with Crippen LogP contribution in [-0.2, 0) is 9.53 Å². The van der Waals surface area contributed by atoms with Crippen LogP contribution in [0.25, 0.3) is 22.2 Å². The number of nitrogens with zero attached hydrogens (tertiary/aromatic N) is 3. The Morgan fingerprint density at radius 3 is 2.40 bits per heavy atom. The second kappa shape index (κ2) is 10.2. The molecule has 0 saturated heterocycles. The summed E-state index contributed by atoms with van der Waals surface area (Å²) in [5, 5.41) is 14.9. The van der Waals surface area contributed by atoms with Crippen LogP contribution in [0.3, 0.4) is 0 Å². The molecule has 4 aromatic rings. The molecule has 0 unspecified atom stereocenters. The Kier molecular flexibility index (Phi) is 6.38. The predicted octanol–water partition coefficient (Wildman–Crippen LogP) is 5.95. The third-order valence-corrected chi connectivity index (χ3v) is 9.01. The lowest BCUT2D eigenvalue weighted by atomic mass is 9.66. The normalized spacial score (nSPS) is 23.2. The molecule has 1 saturated carbocycles. The van der Waals surface area contributed by atoms with E-state index in [1.54, 1.807) is 13.0 Å². The number of fused-ring (bicyclic) bond motifs is 4. The summed E-state index contributed by atoms with van der Waals surface area (Å²) in [5.41, 5.74) is 3.04. The minimum Gasteiger partial charge on any atom is -0.458 e. The lowest BCUT2D eigenvalue weighted by Crippen LogP contribution is -2.55. The SMILES string of the molecule is CCOC(=O)/C(=c1/cc2c(c3ccccc13)=N[C@]13CCCC[C@@H]1[C@@H](c1ccccc1)C=C(c1ccccc1)N23)[N+](=O)[O-]. The number of ether oxygens (including phenoxy) is 1. The number of hydrogen-bond acceptors (Lipinski definition) is 6. The van der Waals surface area contributed by atoms with Crippen molar-refractivity contribution < 1.29 is 14.5 Å². The van der Waals surface area contributed by atoms with Gasteiger partial charge in [-0.2, -0.15) is 0 Å². The Morgan fingerprint density at radius 1 is 1.00 bits per heavy atom. The number of anilines is 1. The molecule has 0 bridgehead atoms. The van der Waals surface area contributed by atoms with Gasteiger partial charge in [-0.15, -0.1) is 0 Å². The minimum atomic E-state index is -0.936. The van der Waals surface area contributed by atoms with E-state index in [2.05, 4.69) is 47.4 Å². The van der Waals surface area contributed by atoms with Crippen LogP contribution < -0.4 is 15.5 Å². The fraction of sp³-hybridized carbons (Fsp3) is 0.257. The van der Waals surface area contributed by atoms with Gasteiger partial charge in [0, 0.05) is 22.9 Å². The maximum Gasteiger partial charge on any atom is 0.410 e. The van der Waals surface area contributed by atoms with E-state index in [1.165, 1.54) is 5.56 Å². The number of rotatable bonds is 5. The first-order valence-electron chi connectivity index (χ1n) is 14.6. The molecule has 7 heteroatoms. The van der Waals surface area contributed by atoms with Gasteiger partial charge in [-0.25, -0.2) is 4.79 Å². The van der Waals surface area contributed by atoms with Crippen molar-refractivity contribution in [2.75, 3.05) is 11.5 Å². The van der Waals surface area contributed by atoms with Crippen molar-refractivity contribution in [2.24, 2.45) is 10.9 Å². The second-order valence-corrected chi connectivity index (χ2v) is 11.2. The number of nitro groups is 1. The third-order valence-electron chi connectivity index (χ3n) is 9.01. The van der Waals surface area contributed by atoms with Crippen LogP contribution in [0, 0.1) is 16.0 Å². The van der Waals surface area contributed by atoms with Gasteiger partial charge in [-0.05, 0) is 48.8 Å². The number of allylic oxidation sites excluding steroid dienone is 1. The largest absolute Gasteiger partial charge is 0.458 e. The van der Waals surface area contributed by atoms with E-state index >= 15 is 0 Å². The maximum absolute atomic E-state index is 13.0. The van der Waals surface area contributed by atoms with E-state index in [1.807, 2.05) is 48.5 Å². The van der Waals surface area contributed by atoms with Crippen LogP contribution in [0.4, 0.5) is 5.69 Å². The molecule has 1 spiro atoms. The van der Waals surface area contributed by atoms with Crippen molar-refractivity contribution in [3.63, 3.8) is 0 Å². The van der Waals surface area contributed by atoms with Gasteiger partial charge < -0.3 is 9.64 Å². The Morgan fingerprint density at radius 2 is 1.69 bits per heavy atom. The first kappa shape index (κ1) is 26.1. The molecule has 7 rings (SSSR count). The fourth-order valence-corrected chi connectivity index (χ4v) is 7.35. The summed E-state index contributed by atoms with van der Waals surface area (Å²) in [4.78, 5) is 32.7. The van der Waals surface area contributed by atoms with E-state index in [4.69, 9.17) is 9.73 Å². The van der Waals surface area contributed by atoms with Crippen LogP contribution in [-0.4, -0.2) is 23.2 Å². The smallest absolute Gasteiger partial charge is 0.410 e. The molecule has 42 heavy (non-hydrogen) atoms. The molecule has 0 aromatic heterocycles. The van der Waals surface area contributed by atoms with Gasteiger partial charge in [-0.3, -0.25) is 15.1 Å². The first-order chi connectivity index (χ1) is 20.5. The van der Waals surface area contributed by atoms with Crippen molar-refractivity contribution in [2.45, 2.75) is 44.2 Å². The van der Waals surface area contributed by atoms with Crippen LogP contribution in [0.15, 0.2) is 102 Å². The number of hydrogen-bond donors (Lipinski definition) is 0. The van der Waals surface area contributed by atoms with Crippen LogP contribution in [0.5, 0.6) is 0 Å². The highest BCUT2D eigenvalue weighted by Gasteiger charge is 2.55. The molecule has 2 aliphatic heterocycles. The highest BCUT2D eigenvalue weighted by atomic mass is 16.6. The first-order valence-corrected chi connectivity index (χ1v) is 14.6. The highest BCUT2D eigenvalue weighted by Crippen LogP contribution is 2.56. The van der Waals surface area contributed by atoms with E-state index in [0.717, 1.165) is 53.4 Å². The Hall–Kier alpha value is -4.78. The van der Waals surface area contributed by atoms with Crippen molar-refractivity contribution in [1.82, 2.24) is 0 Å². The average molecular weight is 558 g/mol. The van der Waals surface area contributed by atoms with Gasteiger partial charge in [-0.1, -0.05) is 97.4 Å². The maximum atomic E-state index is 13.0. The summed E-state index contributed by atoms with van der Waals surface area (Å²) in [5.74, 6) is -0.573. The lowest BCUT2D eigenvalue weighted by Gasteiger charge is -2.53. The second-order valence-electron chi connectivity index (χ2n) is 11.2. The number of carbonyl (C=O) groups is 1. The van der Waals surface area contributed by atoms with Crippen LogP contribution >= 0.6 is 0 Å². The van der Waals surface area contributed by atoms with Gasteiger partial charge in [0.15, 0.2) is 0 Å². The molecule has 210 valence electrons. The standard InChI is InChI=1S/C35H31N3O4/c1-2-42-34(39)33(38(40)41)28-22-31-32(26-18-10-9-17-25(26)28)36-35-20-12-11-19-29(35)27(23-13-5-3-6-14-23)21-30(37(31)35)24-15-7-4-8-16-24/h3-10,13-18,21-22,27,29H,2,11-12,19-20H2,1H3/b33-28+/t27-,29-,35+/m1/s1. The van der Waals surface area contributed by atoms with Crippen molar-refractivity contribution in [3.05, 3.63) is 129 Å². The molecule has 0 amide bonds. The Balaban J connectivity index is 1.59. The summed E-state index contributed by atoms with van der Waals surface area (Å²) in [7, 11) is 0. The minimum absolute atomic E-state index is 0.0487. The molecule has 1 fully saturated rings. The average Bonchev–Trinajstić information content (AvgIpc) is 3.35. The predicted molar refractivity (Wildman–Crippen MR) is 163 cm³/mol. The van der Waals surface area contributed by atoms with Gasteiger partial charge >= 0.3 is 11.7 Å². The Bertz CT molecular complexity index is 1870. The quantitative estimate of drug-likeness (QED) is 0.172. The fourth-order valence-electron chi connectivity index (χ4n) is 7.35. The molecule has 2 heterocycles. The van der Waals surface area contributed by atoms with E-state index in [0.29, 0.717) is 5.39 Å².